The van der Waals surface area contributed by atoms with E-state index >= 15 is 0 Å². The van der Waals surface area contributed by atoms with E-state index in [-0.39, 0.29) is 19.0 Å². The lowest BCUT2D eigenvalue weighted by Gasteiger charge is -2.21. The molecule has 8 nitrogen and oxygen atoms in total. The van der Waals surface area contributed by atoms with Crippen LogP contribution in [0, 0.1) is 5.82 Å². The first-order valence-electron chi connectivity index (χ1n) is 8.18. The molecule has 1 rings (SSSR count). The first-order chi connectivity index (χ1) is 12.4. The van der Waals surface area contributed by atoms with E-state index < -0.39 is 30.0 Å². The normalized spacial score (nSPS) is 12.7. The molecule has 26 heavy (non-hydrogen) atoms. The number of ether oxygens (including phenoxy) is 1. The minimum Gasteiger partial charge on any atom is -0.480 e. The summed E-state index contributed by atoms with van der Waals surface area (Å²) in [5.41, 5.74) is 0.698. The molecule has 1 aromatic carbocycles. The number of hydrogen-bond acceptors (Lipinski definition) is 4. The Morgan fingerprint density at radius 3 is 2.35 bits per heavy atom. The number of hydrogen-bond donors (Lipinski definition) is 4. The summed E-state index contributed by atoms with van der Waals surface area (Å²) in [5, 5.41) is 16.5. The van der Waals surface area contributed by atoms with Crippen LogP contribution < -0.4 is 16.0 Å². The fourth-order valence-corrected chi connectivity index (χ4v) is 2.17. The summed E-state index contributed by atoms with van der Waals surface area (Å²) in [6, 6.07) is 2.97. The molecule has 0 aliphatic heterocycles. The van der Waals surface area contributed by atoms with Crippen LogP contribution in [0.25, 0.3) is 0 Å². The highest BCUT2D eigenvalue weighted by molar-refractivity contribution is 5.90. The van der Waals surface area contributed by atoms with E-state index in [1.807, 2.05) is 6.92 Å². The Bertz CT molecular complexity index is 609. The summed E-state index contributed by atoms with van der Waals surface area (Å²) < 4.78 is 17.6. The predicted molar refractivity (Wildman–Crippen MR) is 91.9 cm³/mol. The lowest BCUT2D eigenvalue weighted by atomic mass is 10.1. The van der Waals surface area contributed by atoms with Crippen molar-refractivity contribution in [3.63, 3.8) is 0 Å². The minimum atomic E-state index is -1.23. The molecule has 2 unspecified atom stereocenters. The van der Waals surface area contributed by atoms with Gasteiger partial charge in [-0.05, 0) is 24.1 Å². The van der Waals surface area contributed by atoms with Gasteiger partial charge in [-0.2, -0.15) is 0 Å². The van der Waals surface area contributed by atoms with Crippen LogP contribution in [0.5, 0.6) is 0 Å². The lowest BCUT2D eigenvalue weighted by molar-refractivity contribution is -0.143. The second-order valence-electron chi connectivity index (χ2n) is 5.65. The average Bonchev–Trinajstić information content (AvgIpc) is 2.60. The molecule has 0 heterocycles. The highest BCUT2D eigenvalue weighted by Gasteiger charge is 2.25. The number of rotatable bonds is 10. The molecular weight excluding hydrogens is 345 g/mol. The smallest absolute Gasteiger partial charge is 0.328 e. The van der Waals surface area contributed by atoms with E-state index in [0.29, 0.717) is 18.4 Å². The fourth-order valence-electron chi connectivity index (χ4n) is 2.17. The van der Waals surface area contributed by atoms with Gasteiger partial charge in [0, 0.05) is 13.7 Å². The van der Waals surface area contributed by atoms with Crippen molar-refractivity contribution in [2.24, 2.45) is 0 Å². The van der Waals surface area contributed by atoms with Crippen molar-refractivity contribution in [1.82, 2.24) is 16.0 Å². The number of urea groups is 1. The monoisotopic (exact) mass is 369 g/mol. The van der Waals surface area contributed by atoms with E-state index in [4.69, 9.17) is 9.84 Å². The number of carbonyl (C=O) groups is 3. The highest BCUT2D eigenvalue weighted by Crippen LogP contribution is 2.03. The van der Waals surface area contributed by atoms with Crippen LogP contribution in [0.1, 0.15) is 25.3 Å². The average molecular weight is 369 g/mol. The number of carboxylic acid groups (broad SMARTS) is 1. The van der Waals surface area contributed by atoms with E-state index in [9.17, 15) is 18.8 Å². The van der Waals surface area contributed by atoms with Crippen molar-refractivity contribution < 1.29 is 28.6 Å². The molecule has 1 aromatic rings. The van der Waals surface area contributed by atoms with Crippen molar-refractivity contribution >= 4 is 17.9 Å². The molecule has 0 saturated carbocycles. The maximum Gasteiger partial charge on any atom is 0.328 e. The minimum absolute atomic E-state index is 0.161. The van der Waals surface area contributed by atoms with Crippen molar-refractivity contribution in [2.75, 3.05) is 13.7 Å². The summed E-state index contributed by atoms with van der Waals surface area (Å²) in [4.78, 5) is 35.3. The number of halogens is 1. The van der Waals surface area contributed by atoms with Gasteiger partial charge in [0.25, 0.3) is 0 Å². The molecule has 3 amide bonds. The van der Waals surface area contributed by atoms with Gasteiger partial charge < -0.3 is 25.8 Å². The van der Waals surface area contributed by atoms with E-state index in [1.165, 1.54) is 31.4 Å². The topological polar surface area (TPSA) is 117 Å². The second-order valence-corrected chi connectivity index (χ2v) is 5.65. The standard InChI is InChI=1S/C17H24FN3O5/c1-3-4-13(15(22)20-14(10-26-2)16(23)24)21-17(25)19-9-11-5-7-12(18)8-6-11/h5-8,13-14H,3-4,9-10H2,1-2H3,(H,20,22)(H,23,24)(H2,19,21,25). The van der Waals surface area contributed by atoms with Gasteiger partial charge in [0.05, 0.1) is 6.61 Å². The molecule has 0 radical (unpaired) electrons. The first-order valence-corrected chi connectivity index (χ1v) is 8.18. The zero-order valence-corrected chi connectivity index (χ0v) is 14.8. The third-order valence-corrected chi connectivity index (χ3v) is 3.51. The summed E-state index contributed by atoms with van der Waals surface area (Å²) in [5.74, 6) is -2.20. The number of amides is 3. The largest absolute Gasteiger partial charge is 0.480 e. The van der Waals surface area contributed by atoms with Gasteiger partial charge in [0.1, 0.15) is 11.9 Å². The zero-order chi connectivity index (χ0) is 19.5. The van der Waals surface area contributed by atoms with Crippen molar-refractivity contribution in [1.29, 1.82) is 0 Å². The molecule has 0 saturated heterocycles. The summed E-state index contributed by atoms with van der Waals surface area (Å²) >= 11 is 0. The number of nitrogens with one attached hydrogen (secondary N) is 3. The second kappa shape index (κ2) is 11.0. The van der Waals surface area contributed by atoms with Crippen molar-refractivity contribution in [3.8, 4) is 0 Å². The maximum atomic E-state index is 12.9. The van der Waals surface area contributed by atoms with Gasteiger partial charge in [-0.3, -0.25) is 4.79 Å². The Morgan fingerprint density at radius 2 is 1.81 bits per heavy atom. The van der Waals surface area contributed by atoms with Crippen molar-refractivity contribution in [2.45, 2.75) is 38.4 Å². The number of carbonyl (C=O) groups excluding carboxylic acids is 2. The van der Waals surface area contributed by atoms with Gasteiger partial charge in [-0.1, -0.05) is 25.5 Å². The van der Waals surface area contributed by atoms with Crippen LogP contribution in [0.3, 0.4) is 0 Å². The molecule has 144 valence electrons. The quantitative estimate of drug-likeness (QED) is 0.491. The number of carboxylic acids is 1. The number of methoxy groups -OCH3 is 1. The summed E-state index contributed by atoms with van der Waals surface area (Å²) in [6.07, 6.45) is 0.952. The van der Waals surface area contributed by atoms with Crippen LogP contribution in [0.15, 0.2) is 24.3 Å². The van der Waals surface area contributed by atoms with E-state index in [2.05, 4.69) is 16.0 Å². The third kappa shape index (κ3) is 7.47. The van der Waals surface area contributed by atoms with Gasteiger partial charge in [-0.15, -0.1) is 0 Å². The summed E-state index contributed by atoms with van der Waals surface area (Å²) in [6.45, 7) is 1.81. The summed E-state index contributed by atoms with van der Waals surface area (Å²) in [7, 11) is 1.33. The Hall–Kier alpha value is -2.68. The Labute approximate surface area is 151 Å². The molecule has 0 spiro atoms. The Morgan fingerprint density at radius 1 is 1.15 bits per heavy atom. The molecule has 0 fully saturated rings. The third-order valence-electron chi connectivity index (χ3n) is 3.51. The van der Waals surface area contributed by atoms with Gasteiger partial charge >= 0.3 is 12.0 Å². The van der Waals surface area contributed by atoms with Crippen LogP contribution in [0.4, 0.5) is 9.18 Å². The van der Waals surface area contributed by atoms with Gasteiger partial charge in [0.2, 0.25) is 5.91 Å². The van der Waals surface area contributed by atoms with Crippen molar-refractivity contribution in [3.05, 3.63) is 35.6 Å². The number of aliphatic carboxylic acids is 1. The lowest BCUT2D eigenvalue weighted by Crippen LogP contribution is -2.54. The van der Waals surface area contributed by atoms with Crippen LogP contribution in [-0.4, -0.2) is 48.8 Å². The van der Waals surface area contributed by atoms with E-state index in [0.717, 1.165) is 0 Å². The Kier molecular flexibility index (Phi) is 9.07. The van der Waals surface area contributed by atoms with Gasteiger partial charge in [0.15, 0.2) is 6.04 Å². The van der Waals surface area contributed by atoms with Crippen LogP contribution >= 0.6 is 0 Å². The van der Waals surface area contributed by atoms with E-state index in [1.54, 1.807) is 0 Å². The molecule has 9 heteroatoms. The molecule has 0 aliphatic rings. The predicted octanol–water partition coefficient (Wildman–Crippen LogP) is 1.01. The molecule has 2 atom stereocenters. The molecule has 4 N–H and O–H groups in total. The van der Waals surface area contributed by atoms with Gasteiger partial charge in [-0.25, -0.2) is 14.0 Å². The molecule has 0 aromatic heterocycles. The first kappa shape index (κ1) is 21.4. The molecular formula is C17H24FN3O5. The zero-order valence-electron chi connectivity index (χ0n) is 14.8. The Balaban J connectivity index is 2.59. The highest BCUT2D eigenvalue weighted by atomic mass is 19.1. The fraction of sp³-hybridized carbons (Fsp3) is 0.471. The molecule has 0 aliphatic carbocycles. The maximum absolute atomic E-state index is 12.9. The SMILES string of the molecule is CCCC(NC(=O)NCc1ccc(F)cc1)C(=O)NC(COC)C(=O)O. The number of benzene rings is 1. The van der Waals surface area contributed by atoms with Crippen LogP contribution in [-0.2, 0) is 20.9 Å². The molecule has 0 bridgehead atoms. The van der Waals surface area contributed by atoms with Crippen LogP contribution in [0.2, 0.25) is 0 Å².